The Hall–Kier alpha value is -1.71. The van der Waals surface area contributed by atoms with Gasteiger partial charge in [-0.2, -0.15) is 4.99 Å². The zero-order chi connectivity index (χ0) is 11.0. The molecule has 5 heteroatoms. The molecule has 0 saturated heterocycles. The van der Waals surface area contributed by atoms with Crippen molar-refractivity contribution in [2.24, 2.45) is 19.1 Å². The Morgan fingerprint density at radius 3 is 2.60 bits per heavy atom. The smallest absolute Gasteiger partial charge is 0.295 e. The maximum atomic E-state index is 11.6. The van der Waals surface area contributed by atoms with Gasteiger partial charge in [0.2, 0.25) is 0 Å². The largest absolute Gasteiger partial charge is 0.328 e. The Bertz CT molecular complexity index is 632. The molecule has 76 valence electrons. The van der Waals surface area contributed by atoms with Gasteiger partial charge in [-0.05, 0) is 30.4 Å². The molecule has 0 aliphatic heterocycles. The zero-order valence-corrected chi connectivity index (χ0v) is 9.21. The molecule has 0 radical (unpaired) electrons. The van der Waals surface area contributed by atoms with Gasteiger partial charge in [0.15, 0.2) is 0 Å². The first kappa shape index (κ1) is 9.83. The first-order valence-electron chi connectivity index (χ1n) is 4.38. The maximum Gasteiger partial charge on any atom is 0.328 e. The summed E-state index contributed by atoms with van der Waals surface area (Å²) in [5, 5.41) is 2.30. The average molecular weight is 219 g/mol. The lowest BCUT2D eigenvalue weighted by molar-refractivity contribution is 0.795. The van der Waals surface area contributed by atoms with E-state index in [1.807, 2.05) is 12.1 Å². The number of aromatic nitrogens is 2. The van der Waals surface area contributed by atoms with Gasteiger partial charge in [0.25, 0.3) is 0 Å². The number of fused-ring (bicyclic) bond motifs is 1. The van der Waals surface area contributed by atoms with Gasteiger partial charge in [-0.3, -0.25) is 9.13 Å². The lowest BCUT2D eigenvalue weighted by Crippen LogP contribution is -2.19. The Labute approximate surface area is 91.5 Å². The van der Waals surface area contributed by atoms with Gasteiger partial charge in [-0.15, -0.1) is 0 Å². The first-order chi connectivity index (χ1) is 7.15. The summed E-state index contributed by atoms with van der Waals surface area (Å²) in [6, 6.07) is 5.47. The normalized spacial score (nSPS) is 10.3. The average Bonchev–Trinajstić information content (AvgIpc) is 2.45. The molecule has 4 nitrogen and oxygen atoms in total. The number of thiocarbonyl (C=S) groups is 1. The van der Waals surface area contributed by atoms with E-state index in [1.54, 1.807) is 29.3 Å². The molecule has 0 bridgehead atoms. The fraction of sp³-hybridized carbons (Fsp3) is 0.200. The monoisotopic (exact) mass is 219 g/mol. The van der Waals surface area contributed by atoms with Crippen LogP contribution in [0.1, 0.15) is 0 Å². The van der Waals surface area contributed by atoms with E-state index in [-0.39, 0.29) is 5.69 Å². The minimum Gasteiger partial charge on any atom is -0.295 e. The lowest BCUT2D eigenvalue weighted by Gasteiger charge is -1.95. The number of aryl methyl sites for hydroxylation is 2. The van der Waals surface area contributed by atoms with E-state index < -0.39 is 0 Å². The molecule has 2 rings (SSSR count). The van der Waals surface area contributed by atoms with Gasteiger partial charge in [-0.1, -0.05) is 0 Å². The Morgan fingerprint density at radius 2 is 1.93 bits per heavy atom. The molecule has 1 aromatic carbocycles. The third-order valence-corrected chi connectivity index (χ3v) is 2.52. The van der Waals surface area contributed by atoms with Gasteiger partial charge >= 0.3 is 5.69 Å². The van der Waals surface area contributed by atoms with Crippen molar-refractivity contribution in [1.82, 2.24) is 9.13 Å². The van der Waals surface area contributed by atoms with E-state index in [0.29, 0.717) is 5.69 Å². The van der Waals surface area contributed by atoms with Crippen LogP contribution in [0.2, 0.25) is 0 Å². The van der Waals surface area contributed by atoms with Crippen molar-refractivity contribution in [2.45, 2.75) is 0 Å². The lowest BCUT2D eigenvalue weighted by atomic mass is 10.3. The second-order valence-corrected chi connectivity index (χ2v) is 3.46. The van der Waals surface area contributed by atoms with E-state index >= 15 is 0 Å². The number of aliphatic imine (C=N–C) groups is 1. The van der Waals surface area contributed by atoms with Crippen LogP contribution < -0.4 is 5.69 Å². The quantitative estimate of drug-likeness (QED) is 0.540. The molecular formula is C10H9N3OS. The van der Waals surface area contributed by atoms with Gasteiger partial charge in [0.05, 0.1) is 21.9 Å². The molecule has 0 aliphatic rings. The highest BCUT2D eigenvalue weighted by Crippen LogP contribution is 2.19. The SMILES string of the molecule is Cn1c(=O)n(C)c2cc(N=C=S)ccc21. The second-order valence-electron chi connectivity index (χ2n) is 3.28. The van der Waals surface area contributed by atoms with Crippen molar-refractivity contribution in [3.05, 3.63) is 28.7 Å². The second kappa shape index (κ2) is 3.46. The summed E-state index contributed by atoms with van der Waals surface area (Å²) >= 11 is 4.53. The first-order valence-corrected chi connectivity index (χ1v) is 4.79. The van der Waals surface area contributed by atoms with Gasteiger partial charge in [0, 0.05) is 14.1 Å². The van der Waals surface area contributed by atoms with E-state index in [1.165, 1.54) is 0 Å². The van der Waals surface area contributed by atoms with Crippen molar-refractivity contribution in [3.63, 3.8) is 0 Å². The molecule has 0 unspecified atom stereocenters. The van der Waals surface area contributed by atoms with Crippen molar-refractivity contribution in [2.75, 3.05) is 0 Å². The molecule has 15 heavy (non-hydrogen) atoms. The summed E-state index contributed by atoms with van der Waals surface area (Å²) in [6.45, 7) is 0. The van der Waals surface area contributed by atoms with Crippen molar-refractivity contribution in [1.29, 1.82) is 0 Å². The zero-order valence-electron chi connectivity index (χ0n) is 8.39. The van der Waals surface area contributed by atoms with Gasteiger partial charge in [0.1, 0.15) is 0 Å². The Morgan fingerprint density at radius 1 is 1.27 bits per heavy atom. The summed E-state index contributed by atoms with van der Waals surface area (Å²) in [7, 11) is 3.47. The third kappa shape index (κ3) is 1.42. The van der Waals surface area contributed by atoms with E-state index in [2.05, 4.69) is 22.4 Å². The predicted molar refractivity (Wildman–Crippen MR) is 62.8 cm³/mol. The number of hydrogen-bond donors (Lipinski definition) is 0. The number of imidazole rings is 1. The summed E-state index contributed by atoms with van der Waals surface area (Å²) in [6.07, 6.45) is 0. The van der Waals surface area contributed by atoms with Crippen LogP contribution in [0.4, 0.5) is 5.69 Å². The van der Waals surface area contributed by atoms with Crippen LogP contribution in [0.3, 0.4) is 0 Å². The number of isothiocyanates is 1. The number of nitrogens with zero attached hydrogens (tertiary/aromatic N) is 3. The highest BCUT2D eigenvalue weighted by Gasteiger charge is 2.07. The van der Waals surface area contributed by atoms with Crippen molar-refractivity contribution in [3.8, 4) is 0 Å². The van der Waals surface area contributed by atoms with E-state index in [9.17, 15) is 4.79 Å². The highest BCUT2D eigenvalue weighted by molar-refractivity contribution is 7.78. The molecule has 0 N–H and O–H groups in total. The number of rotatable bonds is 1. The van der Waals surface area contributed by atoms with Crippen LogP contribution in [0, 0.1) is 0 Å². The molecule has 2 aromatic rings. The summed E-state index contributed by atoms with van der Waals surface area (Å²) in [5.41, 5.74) is 2.38. The van der Waals surface area contributed by atoms with Gasteiger partial charge in [-0.25, -0.2) is 4.79 Å². The Kier molecular flexibility index (Phi) is 2.26. The molecule has 1 heterocycles. The topological polar surface area (TPSA) is 39.3 Å². The van der Waals surface area contributed by atoms with Crippen LogP contribution in [0.5, 0.6) is 0 Å². The van der Waals surface area contributed by atoms with Crippen molar-refractivity contribution < 1.29 is 0 Å². The molecule has 0 spiro atoms. The van der Waals surface area contributed by atoms with Crippen LogP contribution in [0.15, 0.2) is 28.0 Å². The summed E-state index contributed by atoms with van der Waals surface area (Å²) < 4.78 is 3.18. The van der Waals surface area contributed by atoms with Crippen molar-refractivity contribution >= 4 is 34.1 Å². The molecule has 0 fully saturated rings. The highest BCUT2D eigenvalue weighted by atomic mass is 32.1. The molecule has 0 saturated carbocycles. The molecule has 0 atom stereocenters. The van der Waals surface area contributed by atoms with Crippen LogP contribution in [-0.2, 0) is 14.1 Å². The Balaban J connectivity index is 2.88. The third-order valence-electron chi connectivity index (χ3n) is 2.43. The minimum atomic E-state index is -0.0477. The van der Waals surface area contributed by atoms with Gasteiger partial charge < -0.3 is 0 Å². The predicted octanol–water partition coefficient (Wildman–Crippen LogP) is 1.61. The minimum absolute atomic E-state index is 0.0477. The maximum absolute atomic E-state index is 11.6. The van der Waals surface area contributed by atoms with Crippen LogP contribution in [0.25, 0.3) is 11.0 Å². The summed E-state index contributed by atoms with van der Waals surface area (Å²) in [5.74, 6) is 0. The number of hydrogen-bond acceptors (Lipinski definition) is 3. The van der Waals surface area contributed by atoms with Crippen LogP contribution in [-0.4, -0.2) is 14.3 Å². The molecule has 0 aliphatic carbocycles. The molecular weight excluding hydrogens is 210 g/mol. The van der Waals surface area contributed by atoms with E-state index in [0.717, 1.165) is 11.0 Å². The van der Waals surface area contributed by atoms with E-state index in [4.69, 9.17) is 0 Å². The fourth-order valence-corrected chi connectivity index (χ4v) is 1.72. The molecule has 1 aromatic heterocycles. The number of benzene rings is 1. The van der Waals surface area contributed by atoms with Crippen LogP contribution >= 0.6 is 12.2 Å². The standard InChI is InChI=1S/C10H9N3OS/c1-12-8-4-3-7(11-6-15)5-9(8)13(2)10(12)14/h3-5H,1-2H3. The molecule has 0 amide bonds. The fourth-order valence-electron chi connectivity index (χ4n) is 1.62. The summed E-state index contributed by atoms with van der Waals surface area (Å²) in [4.78, 5) is 15.5.